The van der Waals surface area contributed by atoms with Crippen LogP contribution in [0.5, 0.6) is 0 Å². The number of methoxy groups -OCH3 is 1. The lowest BCUT2D eigenvalue weighted by atomic mass is 10.6. The fraction of sp³-hybridized carbons (Fsp3) is 0.959. The van der Waals surface area contributed by atoms with Gasteiger partial charge in [-0.1, -0.05) is 0 Å². The highest BCUT2D eigenvalue weighted by molar-refractivity contribution is 5.72. The van der Waals surface area contributed by atoms with E-state index in [-0.39, 0.29) is 13.2 Å². The molecule has 0 saturated heterocycles. The summed E-state index contributed by atoms with van der Waals surface area (Å²) < 4.78 is 129. The molecular weight excluding hydrogens is 1020 g/mol. The highest BCUT2D eigenvalue weighted by Crippen LogP contribution is 1.91. The Bertz CT molecular complexity index is 1110. The molecule has 0 bridgehead atoms. The minimum absolute atomic E-state index is 0.0423. The van der Waals surface area contributed by atoms with Gasteiger partial charge < -0.3 is 119 Å². The van der Waals surface area contributed by atoms with Crippen molar-refractivity contribution >= 4 is 11.9 Å². The second kappa shape index (κ2) is 69.1. The minimum atomic E-state index is -1.16. The molecule has 0 amide bonds. The molecule has 0 fully saturated rings. The van der Waals surface area contributed by atoms with Crippen LogP contribution in [0.4, 0.5) is 0 Å². The Morgan fingerprint density at radius 2 is 0.355 bits per heavy atom. The van der Waals surface area contributed by atoms with E-state index in [1.165, 1.54) is 0 Å². The number of carboxylic acid groups (broad SMARTS) is 1. The van der Waals surface area contributed by atoms with E-state index in [0.29, 0.717) is 277 Å². The molecule has 0 aromatic heterocycles. The van der Waals surface area contributed by atoms with Crippen molar-refractivity contribution in [3.05, 3.63) is 0 Å². The number of aliphatic carboxylic acids is 1. The van der Waals surface area contributed by atoms with Crippen LogP contribution in [0.2, 0.25) is 0 Å². The predicted octanol–water partition coefficient (Wildman–Crippen LogP) is -0.374. The fourth-order valence-corrected chi connectivity index (χ4v) is 5.12. The first-order valence-corrected chi connectivity index (χ1v) is 26.2. The molecule has 27 heteroatoms. The normalized spacial score (nSPS) is 11.6. The van der Waals surface area contributed by atoms with Gasteiger partial charge in [0.1, 0.15) is 19.8 Å². The van der Waals surface area contributed by atoms with Crippen LogP contribution in [0.3, 0.4) is 0 Å². The van der Waals surface area contributed by atoms with Crippen molar-refractivity contribution in [2.45, 2.75) is 0 Å². The van der Waals surface area contributed by atoms with Gasteiger partial charge >= 0.3 is 11.9 Å². The molecule has 0 heterocycles. The Kier molecular flexibility index (Phi) is 67.3. The summed E-state index contributed by atoms with van der Waals surface area (Å²) >= 11 is 0. The minimum Gasteiger partial charge on any atom is -0.480 e. The SMILES string of the molecule is COCCOCCOCCOCCOCCOCCOCCOCCOCCOCCOCCOCCOCCOCCOCCOCCOCCOCCOCCOCCOCCOCCOC(=O)COCC(=O)O. The van der Waals surface area contributed by atoms with Crippen molar-refractivity contribution in [2.24, 2.45) is 0 Å². The molecule has 0 saturated carbocycles. The molecule has 0 spiro atoms. The predicted molar refractivity (Wildman–Crippen MR) is 268 cm³/mol. The van der Waals surface area contributed by atoms with Gasteiger partial charge in [-0.05, 0) is 0 Å². The third-order valence-corrected chi connectivity index (χ3v) is 8.81. The lowest BCUT2D eigenvalue weighted by molar-refractivity contribution is -0.154. The summed E-state index contributed by atoms with van der Waals surface area (Å²) in [5.74, 6) is -1.81. The second-order valence-electron chi connectivity index (χ2n) is 15.0. The summed E-state index contributed by atoms with van der Waals surface area (Å²) in [7, 11) is 1.64. The third kappa shape index (κ3) is 70.0. The summed E-state index contributed by atoms with van der Waals surface area (Å²) in [4.78, 5) is 21.6. The first-order valence-electron chi connectivity index (χ1n) is 26.2. The maximum absolute atomic E-state index is 11.3. The third-order valence-electron chi connectivity index (χ3n) is 8.81. The number of carbonyl (C=O) groups is 2. The zero-order chi connectivity index (χ0) is 54.7. The van der Waals surface area contributed by atoms with E-state index in [9.17, 15) is 9.59 Å². The van der Waals surface area contributed by atoms with Gasteiger partial charge in [0, 0.05) is 7.11 Å². The van der Waals surface area contributed by atoms with Crippen LogP contribution >= 0.6 is 0 Å². The highest BCUT2D eigenvalue weighted by Gasteiger charge is 2.05. The summed E-state index contributed by atoms with van der Waals surface area (Å²) in [5, 5.41) is 8.43. The van der Waals surface area contributed by atoms with Gasteiger partial charge in [-0.25, -0.2) is 9.59 Å². The van der Waals surface area contributed by atoms with Crippen LogP contribution in [0.25, 0.3) is 0 Å². The summed E-state index contributed by atoms with van der Waals surface area (Å²) in [6.45, 7) is 19.4. The van der Waals surface area contributed by atoms with Crippen LogP contribution < -0.4 is 0 Å². The maximum Gasteiger partial charge on any atom is 0.332 e. The zero-order valence-electron chi connectivity index (χ0n) is 45.6. The van der Waals surface area contributed by atoms with E-state index in [0.717, 1.165) is 0 Å². The Hall–Kier alpha value is -1.98. The van der Waals surface area contributed by atoms with E-state index in [2.05, 4.69) is 4.74 Å². The van der Waals surface area contributed by atoms with Crippen LogP contribution in [0, 0.1) is 0 Å². The monoisotopic (exact) mass is 1120 g/mol. The summed E-state index contributed by atoms with van der Waals surface area (Å²) in [5.41, 5.74) is 0. The molecule has 0 aliphatic carbocycles. The molecule has 0 aliphatic heterocycles. The lowest BCUT2D eigenvalue weighted by Gasteiger charge is -2.09. The van der Waals surface area contributed by atoms with E-state index in [4.69, 9.17) is 114 Å². The molecule has 0 radical (unpaired) electrons. The van der Waals surface area contributed by atoms with Crippen molar-refractivity contribution < 1.29 is 128 Å². The van der Waals surface area contributed by atoms with E-state index < -0.39 is 25.2 Å². The van der Waals surface area contributed by atoms with E-state index in [1.807, 2.05) is 0 Å². The van der Waals surface area contributed by atoms with Gasteiger partial charge in [-0.3, -0.25) is 0 Å². The van der Waals surface area contributed by atoms with Gasteiger partial charge in [0.25, 0.3) is 0 Å². The van der Waals surface area contributed by atoms with Gasteiger partial charge in [0.05, 0.1) is 284 Å². The topological polar surface area (TPSA) is 276 Å². The van der Waals surface area contributed by atoms with Crippen molar-refractivity contribution in [1.82, 2.24) is 0 Å². The maximum atomic E-state index is 11.3. The number of carbonyl (C=O) groups excluding carboxylic acids is 1. The molecule has 0 unspecified atom stereocenters. The molecule has 0 atom stereocenters. The number of ether oxygens (including phenoxy) is 24. The average Bonchev–Trinajstić information content (AvgIpc) is 3.41. The van der Waals surface area contributed by atoms with Gasteiger partial charge in [0.2, 0.25) is 0 Å². The largest absolute Gasteiger partial charge is 0.480 e. The lowest BCUT2D eigenvalue weighted by Crippen LogP contribution is -2.19. The molecule has 27 nitrogen and oxygen atoms in total. The van der Waals surface area contributed by atoms with Crippen molar-refractivity contribution in [2.75, 3.05) is 311 Å². The van der Waals surface area contributed by atoms with Gasteiger partial charge in [0.15, 0.2) is 0 Å². The summed E-state index contributed by atoms with van der Waals surface area (Å²) in [6, 6.07) is 0. The summed E-state index contributed by atoms with van der Waals surface area (Å²) in [6.07, 6.45) is 0. The van der Waals surface area contributed by atoms with Crippen LogP contribution in [0.1, 0.15) is 0 Å². The van der Waals surface area contributed by atoms with Gasteiger partial charge in [-0.2, -0.15) is 0 Å². The molecule has 0 aromatic carbocycles. The Balaban J connectivity index is 3.09. The quantitative estimate of drug-likeness (QED) is 0.0601. The van der Waals surface area contributed by atoms with E-state index >= 15 is 0 Å². The number of esters is 1. The molecule has 1 N–H and O–H groups in total. The number of carboxylic acids is 1. The van der Waals surface area contributed by atoms with Crippen LogP contribution in [-0.2, 0) is 123 Å². The first-order chi connectivity index (χ1) is 37.7. The van der Waals surface area contributed by atoms with Crippen molar-refractivity contribution in [1.29, 1.82) is 0 Å². The first kappa shape index (κ1) is 74.0. The van der Waals surface area contributed by atoms with Crippen LogP contribution in [0.15, 0.2) is 0 Å². The smallest absolute Gasteiger partial charge is 0.332 e. The van der Waals surface area contributed by atoms with Gasteiger partial charge in [-0.15, -0.1) is 0 Å². The number of hydrogen-bond donors (Lipinski definition) is 1. The van der Waals surface area contributed by atoms with Crippen molar-refractivity contribution in [3.8, 4) is 0 Å². The number of rotatable bonds is 70. The molecule has 76 heavy (non-hydrogen) atoms. The van der Waals surface area contributed by atoms with Crippen molar-refractivity contribution in [3.63, 3.8) is 0 Å². The van der Waals surface area contributed by atoms with E-state index in [1.54, 1.807) is 7.11 Å². The molecule has 0 aromatic rings. The standard InChI is InChI=1S/C49H96O27/c1-53-2-3-54-4-5-55-6-7-56-8-9-57-10-11-58-12-13-59-14-15-60-16-17-61-18-19-62-20-21-63-22-23-64-24-25-65-26-27-66-28-29-67-30-31-68-32-33-69-34-35-70-36-37-71-38-39-72-40-41-73-42-43-74-44-45-76-49(52)47-75-46-48(50)51/h2-47H2,1H3,(H,50,51). The molecule has 0 rings (SSSR count). The Morgan fingerprint density at radius 1 is 0.211 bits per heavy atom. The Morgan fingerprint density at radius 3 is 0.500 bits per heavy atom. The molecular formula is C49H96O27. The molecule has 454 valence electrons. The number of hydrogen-bond acceptors (Lipinski definition) is 26. The molecule has 0 aliphatic rings. The average molecular weight is 1120 g/mol. The zero-order valence-corrected chi connectivity index (χ0v) is 45.6. The fourth-order valence-electron chi connectivity index (χ4n) is 5.12. The Labute approximate surface area is 450 Å². The van der Waals surface area contributed by atoms with Crippen LogP contribution in [-0.4, -0.2) is 328 Å². The second-order valence-corrected chi connectivity index (χ2v) is 15.0. The highest BCUT2D eigenvalue weighted by atomic mass is 16.6.